The standard InChI is InChI=1S/C27H28ClFN2O3/c1-33-25-4-2-3-20(17-25)19-34-26(21-5-9-23(28)10-6-21)18-30-13-15-31(16-14-30)27(32)22-7-11-24(29)12-8-22/h2-12,17,26H,13-16,18-19H2,1H3/t26-/m0/s1. The van der Waals surface area contributed by atoms with Crippen LogP contribution in [0.15, 0.2) is 72.8 Å². The lowest BCUT2D eigenvalue weighted by Gasteiger charge is -2.36. The molecule has 1 saturated heterocycles. The lowest BCUT2D eigenvalue weighted by Crippen LogP contribution is -2.49. The molecule has 0 spiro atoms. The van der Waals surface area contributed by atoms with Crippen molar-refractivity contribution in [3.8, 4) is 5.75 Å². The van der Waals surface area contributed by atoms with Crippen LogP contribution in [0.2, 0.25) is 5.02 Å². The number of nitrogens with zero attached hydrogens (tertiary/aromatic N) is 2. The minimum absolute atomic E-state index is 0.0665. The van der Waals surface area contributed by atoms with E-state index in [1.54, 1.807) is 7.11 Å². The maximum Gasteiger partial charge on any atom is 0.253 e. The summed E-state index contributed by atoms with van der Waals surface area (Å²) in [6, 6.07) is 21.3. The van der Waals surface area contributed by atoms with E-state index < -0.39 is 0 Å². The second-order valence-electron chi connectivity index (χ2n) is 8.30. The van der Waals surface area contributed by atoms with Crippen molar-refractivity contribution in [1.82, 2.24) is 9.80 Å². The molecule has 0 saturated carbocycles. The predicted molar refractivity (Wildman–Crippen MR) is 131 cm³/mol. The fourth-order valence-electron chi connectivity index (χ4n) is 4.03. The molecule has 178 valence electrons. The van der Waals surface area contributed by atoms with Gasteiger partial charge in [0, 0.05) is 43.3 Å². The van der Waals surface area contributed by atoms with Crippen molar-refractivity contribution in [2.75, 3.05) is 39.8 Å². The molecule has 0 unspecified atom stereocenters. The molecule has 4 rings (SSSR count). The van der Waals surface area contributed by atoms with Gasteiger partial charge in [0.1, 0.15) is 11.6 Å². The maximum absolute atomic E-state index is 13.2. The third kappa shape index (κ3) is 6.35. The number of methoxy groups -OCH3 is 1. The first kappa shape index (κ1) is 24.2. The molecule has 0 aromatic heterocycles. The third-order valence-electron chi connectivity index (χ3n) is 6.00. The van der Waals surface area contributed by atoms with Crippen LogP contribution in [0.5, 0.6) is 5.75 Å². The van der Waals surface area contributed by atoms with Crippen molar-refractivity contribution in [2.45, 2.75) is 12.7 Å². The van der Waals surface area contributed by atoms with E-state index in [1.807, 2.05) is 53.4 Å². The Bertz CT molecular complexity index is 1080. The number of benzene rings is 3. The highest BCUT2D eigenvalue weighted by atomic mass is 35.5. The van der Waals surface area contributed by atoms with Gasteiger partial charge in [-0.3, -0.25) is 9.69 Å². The van der Waals surface area contributed by atoms with Gasteiger partial charge in [-0.2, -0.15) is 0 Å². The summed E-state index contributed by atoms with van der Waals surface area (Å²) >= 11 is 6.10. The van der Waals surface area contributed by atoms with Gasteiger partial charge in [0.2, 0.25) is 0 Å². The minimum atomic E-state index is -0.344. The Labute approximate surface area is 204 Å². The first-order valence-corrected chi connectivity index (χ1v) is 11.7. The van der Waals surface area contributed by atoms with Gasteiger partial charge in [0.15, 0.2) is 0 Å². The molecule has 3 aromatic rings. The number of ether oxygens (including phenoxy) is 2. The van der Waals surface area contributed by atoms with Crippen LogP contribution in [0.25, 0.3) is 0 Å². The lowest BCUT2D eigenvalue weighted by atomic mass is 10.1. The van der Waals surface area contributed by atoms with E-state index in [1.165, 1.54) is 24.3 Å². The number of hydrogen-bond acceptors (Lipinski definition) is 4. The molecule has 0 aliphatic carbocycles. The van der Waals surface area contributed by atoms with Crippen molar-refractivity contribution in [1.29, 1.82) is 0 Å². The molecule has 5 nitrogen and oxygen atoms in total. The summed E-state index contributed by atoms with van der Waals surface area (Å²) < 4.78 is 24.9. The van der Waals surface area contributed by atoms with Crippen LogP contribution in [-0.2, 0) is 11.3 Å². The average molecular weight is 483 g/mol. The quantitative estimate of drug-likeness (QED) is 0.442. The zero-order chi connectivity index (χ0) is 23.9. The van der Waals surface area contributed by atoms with Gasteiger partial charge in [-0.1, -0.05) is 35.9 Å². The number of hydrogen-bond donors (Lipinski definition) is 0. The molecule has 0 bridgehead atoms. The number of amides is 1. The maximum atomic E-state index is 13.2. The van der Waals surface area contributed by atoms with Crippen molar-refractivity contribution in [3.05, 3.63) is 100 Å². The molecule has 1 atom stereocenters. The molecule has 1 heterocycles. The van der Waals surface area contributed by atoms with Crippen LogP contribution in [0, 0.1) is 5.82 Å². The first-order chi connectivity index (χ1) is 16.5. The van der Waals surface area contributed by atoms with E-state index >= 15 is 0 Å². The summed E-state index contributed by atoms with van der Waals surface area (Å²) in [5, 5.41) is 0.684. The molecule has 1 amide bonds. The fourth-order valence-corrected chi connectivity index (χ4v) is 4.16. The molecule has 7 heteroatoms. The van der Waals surface area contributed by atoms with Gasteiger partial charge in [-0.15, -0.1) is 0 Å². The van der Waals surface area contributed by atoms with Crippen molar-refractivity contribution < 1.29 is 18.7 Å². The summed E-state index contributed by atoms with van der Waals surface area (Å²) in [5.74, 6) is 0.387. The molecule has 0 radical (unpaired) electrons. The summed E-state index contributed by atoms with van der Waals surface area (Å²) in [5.41, 5.74) is 2.60. The largest absolute Gasteiger partial charge is 0.497 e. The Morgan fingerprint density at radius 2 is 1.71 bits per heavy atom. The molecular weight excluding hydrogens is 455 g/mol. The molecule has 1 aliphatic rings. The van der Waals surface area contributed by atoms with E-state index in [0.717, 1.165) is 30.0 Å². The van der Waals surface area contributed by atoms with E-state index in [0.29, 0.717) is 36.8 Å². The topological polar surface area (TPSA) is 42.0 Å². The Hall–Kier alpha value is -2.93. The molecular formula is C27H28ClFN2O3. The van der Waals surface area contributed by atoms with Crippen molar-refractivity contribution in [2.24, 2.45) is 0 Å². The highest BCUT2D eigenvalue weighted by Gasteiger charge is 2.25. The summed E-state index contributed by atoms with van der Waals surface area (Å²) in [7, 11) is 1.65. The highest BCUT2D eigenvalue weighted by Crippen LogP contribution is 2.24. The Balaban J connectivity index is 1.38. The number of piperazine rings is 1. The Morgan fingerprint density at radius 3 is 2.38 bits per heavy atom. The van der Waals surface area contributed by atoms with E-state index in [4.69, 9.17) is 21.1 Å². The number of carbonyl (C=O) groups excluding carboxylic acids is 1. The zero-order valence-electron chi connectivity index (χ0n) is 19.1. The summed E-state index contributed by atoms with van der Waals surface area (Å²) in [4.78, 5) is 16.9. The van der Waals surface area contributed by atoms with E-state index in [-0.39, 0.29) is 17.8 Å². The normalized spacial score (nSPS) is 15.2. The van der Waals surface area contributed by atoms with Gasteiger partial charge in [-0.25, -0.2) is 4.39 Å². The van der Waals surface area contributed by atoms with Crippen LogP contribution in [0.3, 0.4) is 0 Å². The summed E-state index contributed by atoms with van der Waals surface area (Å²) in [6.45, 7) is 3.84. The number of halogens is 2. The first-order valence-electron chi connectivity index (χ1n) is 11.3. The molecule has 1 aliphatic heterocycles. The fraction of sp³-hybridized carbons (Fsp3) is 0.296. The van der Waals surface area contributed by atoms with Gasteiger partial charge in [0.25, 0.3) is 5.91 Å². The number of rotatable bonds is 8. The molecule has 0 N–H and O–H groups in total. The average Bonchev–Trinajstić information content (AvgIpc) is 2.87. The van der Waals surface area contributed by atoms with Gasteiger partial charge >= 0.3 is 0 Å². The zero-order valence-corrected chi connectivity index (χ0v) is 19.9. The SMILES string of the molecule is COc1cccc(CO[C@@H](CN2CCN(C(=O)c3ccc(F)cc3)CC2)c2ccc(Cl)cc2)c1. The van der Waals surface area contributed by atoms with E-state index in [2.05, 4.69) is 4.90 Å². The molecule has 1 fully saturated rings. The summed E-state index contributed by atoms with van der Waals surface area (Å²) in [6.07, 6.45) is -0.150. The molecule has 3 aromatic carbocycles. The van der Waals surface area contributed by atoms with Crippen LogP contribution in [0.4, 0.5) is 4.39 Å². The van der Waals surface area contributed by atoms with Gasteiger partial charge < -0.3 is 14.4 Å². The second-order valence-corrected chi connectivity index (χ2v) is 8.74. The predicted octanol–water partition coefficient (Wildman–Crippen LogP) is 5.20. The van der Waals surface area contributed by atoms with Crippen LogP contribution < -0.4 is 4.74 Å². The third-order valence-corrected chi connectivity index (χ3v) is 6.25. The molecule has 34 heavy (non-hydrogen) atoms. The minimum Gasteiger partial charge on any atom is -0.497 e. The van der Waals surface area contributed by atoms with Crippen LogP contribution in [-0.4, -0.2) is 55.5 Å². The Morgan fingerprint density at radius 1 is 1.00 bits per heavy atom. The lowest BCUT2D eigenvalue weighted by molar-refractivity contribution is 0.00337. The smallest absolute Gasteiger partial charge is 0.253 e. The van der Waals surface area contributed by atoms with Crippen molar-refractivity contribution >= 4 is 17.5 Å². The van der Waals surface area contributed by atoms with Gasteiger partial charge in [-0.05, 0) is 59.7 Å². The van der Waals surface area contributed by atoms with Crippen molar-refractivity contribution in [3.63, 3.8) is 0 Å². The van der Waals surface area contributed by atoms with Crippen LogP contribution in [0.1, 0.15) is 27.6 Å². The van der Waals surface area contributed by atoms with Crippen LogP contribution >= 0.6 is 11.6 Å². The Kier molecular flexibility index (Phi) is 8.16. The van der Waals surface area contributed by atoms with Gasteiger partial charge in [0.05, 0.1) is 19.8 Å². The van der Waals surface area contributed by atoms with E-state index in [9.17, 15) is 9.18 Å². The highest BCUT2D eigenvalue weighted by molar-refractivity contribution is 6.30. The second kappa shape index (κ2) is 11.5. The monoisotopic (exact) mass is 482 g/mol. The number of carbonyl (C=O) groups is 1.